The number of aliphatic hydroxyl groups excluding tert-OH is 1. The summed E-state index contributed by atoms with van der Waals surface area (Å²) in [6, 6.07) is 8.43. The molecule has 0 aliphatic carbocycles. The van der Waals surface area contributed by atoms with Gasteiger partial charge in [0, 0.05) is 22.8 Å². The van der Waals surface area contributed by atoms with Gasteiger partial charge in [-0.25, -0.2) is 0 Å². The van der Waals surface area contributed by atoms with Crippen molar-refractivity contribution in [1.29, 1.82) is 0 Å². The van der Waals surface area contributed by atoms with Crippen LogP contribution >= 0.6 is 15.9 Å². The van der Waals surface area contributed by atoms with Crippen LogP contribution in [0.1, 0.15) is 22.9 Å². The number of benzene rings is 1. The third-order valence-electron chi connectivity index (χ3n) is 2.81. The molecule has 0 amide bonds. The summed E-state index contributed by atoms with van der Waals surface area (Å²) in [5.74, 6) is 0. The van der Waals surface area contributed by atoms with Crippen LogP contribution in [0.25, 0.3) is 0 Å². The Bertz CT molecular complexity index is 587. The summed E-state index contributed by atoms with van der Waals surface area (Å²) in [5, 5.41) is 10.1. The molecular formula is C14H11BrF3NO. The monoisotopic (exact) mass is 345 g/mol. The van der Waals surface area contributed by atoms with E-state index < -0.39 is 17.8 Å². The molecule has 2 aromatic rings. The second kappa shape index (κ2) is 5.93. The van der Waals surface area contributed by atoms with Gasteiger partial charge in [-0.05, 0) is 35.9 Å². The summed E-state index contributed by atoms with van der Waals surface area (Å²) >= 11 is 3.16. The van der Waals surface area contributed by atoms with E-state index >= 15 is 0 Å². The second-order valence-corrected chi connectivity index (χ2v) is 5.13. The van der Waals surface area contributed by atoms with Gasteiger partial charge in [-0.2, -0.15) is 13.2 Å². The molecule has 1 atom stereocenters. The summed E-state index contributed by atoms with van der Waals surface area (Å²) < 4.78 is 38.5. The van der Waals surface area contributed by atoms with E-state index in [1.54, 1.807) is 24.4 Å². The van der Waals surface area contributed by atoms with Crippen LogP contribution in [0.2, 0.25) is 0 Å². The smallest absolute Gasteiger partial charge is 0.388 e. The van der Waals surface area contributed by atoms with Gasteiger partial charge in [0.05, 0.1) is 11.7 Å². The van der Waals surface area contributed by atoms with Crippen LogP contribution < -0.4 is 0 Å². The van der Waals surface area contributed by atoms with E-state index in [0.717, 1.165) is 12.1 Å². The first kappa shape index (κ1) is 15.0. The zero-order chi connectivity index (χ0) is 14.8. The highest BCUT2D eigenvalue weighted by Crippen LogP contribution is 2.34. The van der Waals surface area contributed by atoms with Gasteiger partial charge < -0.3 is 5.11 Å². The largest absolute Gasteiger partial charge is 0.416 e. The van der Waals surface area contributed by atoms with E-state index in [0.29, 0.717) is 10.2 Å². The lowest BCUT2D eigenvalue weighted by Gasteiger charge is -2.15. The molecule has 106 valence electrons. The van der Waals surface area contributed by atoms with Gasteiger partial charge in [0.15, 0.2) is 0 Å². The van der Waals surface area contributed by atoms with E-state index in [9.17, 15) is 18.3 Å². The van der Waals surface area contributed by atoms with Crippen LogP contribution in [0.4, 0.5) is 13.2 Å². The highest BCUT2D eigenvalue weighted by Gasteiger charge is 2.31. The Morgan fingerprint density at radius 3 is 2.55 bits per heavy atom. The summed E-state index contributed by atoms with van der Waals surface area (Å²) in [6.07, 6.45) is -3.76. The number of alkyl halides is 3. The minimum absolute atomic E-state index is 0.154. The third-order valence-corrected chi connectivity index (χ3v) is 3.53. The molecule has 1 unspecified atom stereocenters. The number of aliphatic hydroxyl groups is 1. The number of hydrogen-bond donors (Lipinski definition) is 1. The highest BCUT2D eigenvalue weighted by molar-refractivity contribution is 9.10. The maximum Gasteiger partial charge on any atom is 0.416 e. The minimum Gasteiger partial charge on any atom is -0.388 e. The van der Waals surface area contributed by atoms with Gasteiger partial charge >= 0.3 is 6.18 Å². The molecule has 20 heavy (non-hydrogen) atoms. The molecule has 0 fully saturated rings. The maximum absolute atomic E-state index is 12.7. The average molecular weight is 346 g/mol. The van der Waals surface area contributed by atoms with Gasteiger partial charge in [0.2, 0.25) is 0 Å². The summed E-state index contributed by atoms with van der Waals surface area (Å²) in [7, 11) is 0. The van der Waals surface area contributed by atoms with Gasteiger partial charge in [0.25, 0.3) is 0 Å². The predicted octanol–water partition coefficient (Wildman–Crippen LogP) is 4.14. The minimum atomic E-state index is -4.43. The van der Waals surface area contributed by atoms with Gasteiger partial charge in [0.1, 0.15) is 0 Å². The molecule has 6 heteroatoms. The van der Waals surface area contributed by atoms with Crippen molar-refractivity contribution in [3.05, 3.63) is 63.9 Å². The Labute approximate surface area is 122 Å². The summed E-state index contributed by atoms with van der Waals surface area (Å²) in [4.78, 5) is 4.05. The predicted molar refractivity (Wildman–Crippen MR) is 72.0 cm³/mol. The quantitative estimate of drug-likeness (QED) is 0.906. The van der Waals surface area contributed by atoms with Crippen molar-refractivity contribution in [3.63, 3.8) is 0 Å². The van der Waals surface area contributed by atoms with Crippen LogP contribution in [0.3, 0.4) is 0 Å². The molecule has 0 spiro atoms. The molecule has 1 N–H and O–H groups in total. The normalized spacial score (nSPS) is 13.2. The van der Waals surface area contributed by atoms with Crippen molar-refractivity contribution in [2.75, 3.05) is 0 Å². The number of pyridine rings is 1. The molecule has 1 heterocycles. The Balaban J connectivity index is 2.27. The molecule has 0 aliphatic heterocycles. The van der Waals surface area contributed by atoms with Crippen molar-refractivity contribution in [1.82, 2.24) is 4.98 Å². The maximum atomic E-state index is 12.7. The number of hydrogen-bond acceptors (Lipinski definition) is 2. The number of aromatic nitrogens is 1. The van der Waals surface area contributed by atoms with Gasteiger partial charge in [-0.3, -0.25) is 4.98 Å². The average Bonchev–Trinajstić information content (AvgIpc) is 2.39. The SMILES string of the molecule is OC(Cc1ccccn1)c1cc(C(F)(F)F)ccc1Br. The molecule has 0 saturated heterocycles. The molecule has 0 radical (unpaired) electrons. The van der Waals surface area contributed by atoms with Crippen LogP contribution in [0, 0.1) is 0 Å². The Morgan fingerprint density at radius 2 is 1.95 bits per heavy atom. The molecule has 2 nitrogen and oxygen atoms in total. The third kappa shape index (κ3) is 3.58. The molecule has 2 rings (SSSR count). The molecule has 1 aromatic carbocycles. The Hall–Kier alpha value is -1.40. The fourth-order valence-corrected chi connectivity index (χ4v) is 2.31. The van der Waals surface area contributed by atoms with E-state index in [-0.39, 0.29) is 12.0 Å². The molecule has 0 saturated carbocycles. The van der Waals surface area contributed by atoms with E-state index in [2.05, 4.69) is 20.9 Å². The molecule has 1 aromatic heterocycles. The lowest BCUT2D eigenvalue weighted by Crippen LogP contribution is -2.09. The summed E-state index contributed by atoms with van der Waals surface area (Å²) in [5.41, 5.74) is 0.0329. The lowest BCUT2D eigenvalue weighted by atomic mass is 10.0. The number of nitrogens with zero attached hydrogens (tertiary/aromatic N) is 1. The highest BCUT2D eigenvalue weighted by atomic mass is 79.9. The first-order chi connectivity index (χ1) is 9.38. The van der Waals surface area contributed by atoms with Crippen molar-refractivity contribution in [2.24, 2.45) is 0 Å². The van der Waals surface area contributed by atoms with Gasteiger partial charge in [-0.1, -0.05) is 22.0 Å². The molecule has 0 aliphatic rings. The Kier molecular flexibility index (Phi) is 4.45. The molecular weight excluding hydrogens is 335 g/mol. The zero-order valence-corrected chi connectivity index (χ0v) is 11.8. The first-order valence-corrected chi connectivity index (χ1v) is 6.62. The fraction of sp³-hybridized carbons (Fsp3) is 0.214. The fourth-order valence-electron chi connectivity index (χ4n) is 1.80. The topological polar surface area (TPSA) is 33.1 Å². The van der Waals surface area contributed by atoms with Crippen molar-refractivity contribution >= 4 is 15.9 Å². The van der Waals surface area contributed by atoms with E-state index in [1.165, 1.54) is 6.07 Å². The van der Waals surface area contributed by atoms with Crippen molar-refractivity contribution in [2.45, 2.75) is 18.7 Å². The standard InChI is InChI=1S/C14H11BrF3NO/c15-12-5-4-9(14(16,17)18)7-11(12)13(20)8-10-3-1-2-6-19-10/h1-7,13,20H,8H2. The second-order valence-electron chi connectivity index (χ2n) is 4.28. The first-order valence-electron chi connectivity index (χ1n) is 5.82. The lowest BCUT2D eigenvalue weighted by molar-refractivity contribution is -0.137. The van der Waals surface area contributed by atoms with E-state index in [4.69, 9.17) is 0 Å². The van der Waals surface area contributed by atoms with E-state index in [1.807, 2.05) is 0 Å². The van der Waals surface area contributed by atoms with Crippen LogP contribution in [-0.2, 0) is 12.6 Å². The Morgan fingerprint density at radius 1 is 1.20 bits per heavy atom. The van der Waals surface area contributed by atoms with Crippen LogP contribution in [0.15, 0.2) is 47.1 Å². The van der Waals surface area contributed by atoms with Crippen LogP contribution in [0.5, 0.6) is 0 Å². The van der Waals surface area contributed by atoms with Crippen LogP contribution in [-0.4, -0.2) is 10.1 Å². The number of rotatable bonds is 3. The summed E-state index contributed by atoms with van der Waals surface area (Å²) in [6.45, 7) is 0. The van der Waals surface area contributed by atoms with Crippen molar-refractivity contribution in [3.8, 4) is 0 Å². The zero-order valence-electron chi connectivity index (χ0n) is 10.2. The number of halogens is 4. The van der Waals surface area contributed by atoms with Gasteiger partial charge in [-0.15, -0.1) is 0 Å². The molecule has 0 bridgehead atoms. The van der Waals surface area contributed by atoms with Crippen molar-refractivity contribution < 1.29 is 18.3 Å².